The summed E-state index contributed by atoms with van der Waals surface area (Å²) in [4.78, 5) is 7.03. The summed E-state index contributed by atoms with van der Waals surface area (Å²) in [7, 11) is 0. The Kier molecular flexibility index (Phi) is 4.14. The van der Waals surface area contributed by atoms with Crippen molar-refractivity contribution in [2.75, 3.05) is 18.0 Å². The molecule has 0 radical (unpaired) electrons. The average molecular weight is 261 g/mol. The molecular weight excluding hydrogens is 234 g/mol. The minimum atomic E-state index is 0.168. The van der Waals surface area contributed by atoms with E-state index in [1.165, 1.54) is 18.4 Å². The van der Waals surface area contributed by atoms with Gasteiger partial charge in [0.15, 0.2) is 0 Å². The maximum absolute atomic E-state index is 6.04. The summed E-state index contributed by atoms with van der Waals surface area (Å²) in [6.07, 6.45) is 4.48. The van der Waals surface area contributed by atoms with Gasteiger partial charge < -0.3 is 10.6 Å². The first-order chi connectivity index (χ1) is 8.88. The van der Waals surface area contributed by atoms with Crippen LogP contribution in [0.4, 0.5) is 5.82 Å². The Morgan fingerprint density at radius 1 is 1.37 bits per heavy atom. The summed E-state index contributed by atoms with van der Waals surface area (Å²) in [5.41, 5.74) is 7.50. The Bertz CT molecular complexity index is 403. The molecule has 3 nitrogen and oxygen atoms in total. The standard InChI is InChI=1S/C16H27N3/c1-12(17)13-6-5-9-19(11-13)15-8-7-14(10-18-15)16(2,3)4/h7-8,10,12-13H,5-6,9,11,17H2,1-4H3. The van der Waals surface area contributed by atoms with Gasteiger partial charge in [-0.1, -0.05) is 26.8 Å². The van der Waals surface area contributed by atoms with E-state index < -0.39 is 0 Å². The van der Waals surface area contributed by atoms with E-state index in [-0.39, 0.29) is 11.5 Å². The SMILES string of the molecule is CC(N)C1CCCN(c2ccc(C(C)(C)C)cn2)C1. The third-order valence-corrected chi connectivity index (χ3v) is 4.14. The first-order valence-electron chi connectivity index (χ1n) is 7.35. The Labute approximate surface area is 117 Å². The predicted molar refractivity (Wildman–Crippen MR) is 81.5 cm³/mol. The lowest BCUT2D eigenvalue weighted by Crippen LogP contribution is -2.42. The number of nitrogens with zero attached hydrogens (tertiary/aromatic N) is 2. The van der Waals surface area contributed by atoms with Crippen molar-refractivity contribution >= 4 is 5.82 Å². The highest BCUT2D eigenvalue weighted by Crippen LogP contribution is 2.26. The number of hydrogen-bond acceptors (Lipinski definition) is 3. The molecule has 1 aliphatic rings. The third kappa shape index (κ3) is 3.47. The maximum atomic E-state index is 6.04. The van der Waals surface area contributed by atoms with Crippen molar-refractivity contribution < 1.29 is 0 Å². The number of piperidine rings is 1. The van der Waals surface area contributed by atoms with E-state index >= 15 is 0 Å². The second kappa shape index (κ2) is 5.49. The lowest BCUT2D eigenvalue weighted by atomic mass is 9.88. The van der Waals surface area contributed by atoms with Gasteiger partial charge in [0.2, 0.25) is 0 Å². The van der Waals surface area contributed by atoms with Gasteiger partial charge in [-0.25, -0.2) is 4.98 Å². The summed E-state index contributed by atoms with van der Waals surface area (Å²) in [6.45, 7) is 10.9. The molecule has 0 aliphatic carbocycles. The highest BCUT2D eigenvalue weighted by molar-refractivity contribution is 5.41. The minimum absolute atomic E-state index is 0.168. The van der Waals surface area contributed by atoms with Crippen LogP contribution in [0.3, 0.4) is 0 Å². The second-order valence-electron chi connectivity index (χ2n) is 6.86. The lowest BCUT2D eigenvalue weighted by molar-refractivity contribution is 0.363. The number of pyridine rings is 1. The van der Waals surface area contributed by atoms with Gasteiger partial charge in [0.05, 0.1) is 0 Å². The molecule has 0 aromatic carbocycles. The molecule has 1 aliphatic heterocycles. The quantitative estimate of drug-likeness (QED) is 0.890. The summed E-state index contributed by atoms with van der Waals surface area (Å²) >= 11 is 0. The van der Waals surface area contributed by atoms with Crippen molar-refractivity contribution in [2.24, 2.45) is 11.7 Å². The van der Waals surface area contributed by atoms with Crippen molar-refractivity contribution in [3.05, 3.63) is 23.9 Å². The predicted octanol–water partition coefficient (Wildman–Crippen LogP) is 2.94. The van der Waals surface area contributed by atoms with Gasteiger partial charge in [0, 0.05) is 25.3 Å². The van der Waals surface area contributed by atoms with Crippen LogP contribution in [0.25, 0.3) is 0 Å². The van der Waals surface area contributed by atoms with Crippen LogP contribution in [0, 0.1) is 5.92 Å². The van der Waals surface area contributed by atoms with Crippen molar-refractivity contribution in [1.82, 2.24) is 4.98 Å². The van der Waals surface area contributed by atoms with Crippen LogP contribution in [0.2, 0.25) is 0 Å². The fourth-order valence-corrected chi connectivity index (χ4v) is 2.66. The van der Waals surface area contributed by atoms with Crippen molar-refractivity contribution in [1.29, 1.82) is 0 Å². The molecule has 19 heavy (non-hydrogen) atoms. The molecular formula is C16H27N3. The molecule has 106 valence electrons. The zero-order valence-corrected chi connectivity index (χ0v) is 12.7. The molecule has 1 aromatic rings. The molecule has 2 N–H and O–H groups in total. The number of hydrogen-bond donors (Lipinski definition) is 1. The fraction of sp³-hybridized carbons (Fsp3) is 0.688. The number of aromatic nitrogens is 1. The van der Waals surface area contributed by atoms with Crippen LogP contribution >= 0.6 is 0 Å². The second-order valence-corrected chi connectivity index (χ2v) is 6.86. The van der Waals surface area contributed by atoms with Crippen LogP contribution < -0.4 is 10.6 Å². The summed E-state index contributed by atoms with van der Waals surface area (Å²) in [6, 6.07) is 4.64. The van der Waals surface area contributed by atoms with Crippen molar-refractivity contribution in [3.63, 3.8) is 0 Å². The number of rotatable bonds is 2. The molecule has 0 saturated carbocycles. The molecule has 2 heterocycles. The Balaban J connectivity index is 2.10. The van der Waals surface area contributed by atoms with E-state index in [4.69, 9.17) is 5.73 Å². The van der Waals surface area contributed by atoms with Crippen LogP contribution in [-0.2, 0) is 5.41 Å². The van der Waals surface area contributed by atoms with Gasteiger partial charge in [-0.15, -0.1) is 0 Å². The largest absolute Gasteiger partial charge is 0.356 e. The summed E-state index contributed by atoms with van der Waals surface area (Å²) < 4.78 is 0. The smallest absolute Gasteiger partial charge is 0.128 e. The van der Waals surface area contributed by atoms with Gasteiger partial charge >= 0.3 is 0 Å². The van der Waals surface area contributed by atoms with E-state index in [1.54, 1.807) is 0 Å². The lowest BCUT2D eigenvalue weighted by Gasteiger charge is -2.35. The molecule has 2 unspecified atom stereocenters. The van der Waals surface area contributed by atoms with Crippen molar-refractivity contribution in [2.45, 2.75) is 52.0 Å². The molecule has 2 rings (SSSR count). The van der Waals surface area contributed by atoms with Crippen LogP contribution in [0.15, 0.2) is 18.3 Å². The average Bonchev–Trinajstić information content (AvgIpc) is 2.38. The Morgan fingerprint density at radius 2 is 2.11 bits per heavy atom. The van der Waals surface area contributed by atoms with E-state index in [9.17, 15) is 0 Å². The molecule has 1 saturated heterocycles. The van der Waals surface area contributed by atoms with E-state index in [0.717, 1.165) is 18.9 Å². The highest BCUT2D eigenvalue weighted by atomic mass is 15.2. The summed E-state index contributed by atoms with van der Waals surface area (Å²) in [5, 5.41) is 0. The Hall–Kier alpha value is -1.09. The first-order valence-corrected chi connectivity index (χ1v) is 7.35. The monoisotopic (exact) mass is 261 g/mol. The van der Waals surface area contributed by atoms with E-state index in [0.29, 0.717) is 5.92 Å². The van der Waals surface area contributed by atoms with Gasteiger partial charge in [0.1, 0.15) is 5.82 Å². The number of nitrogens with two attached hydrogens (primary N) is 1. The molecule has 3 heteroatoms. The molecule has 1 fully saturated rings. The summed E-state index contributed by atoms with van der Waals surface area (Å²) in [5.74, 6) is 1.69. The fourth-order valence-electron chi connectivity index (χ4n) is 2.66. The molecule has 0 spiro atoms. The van der Waals surface area contributed by atoms with Crippen LogP contribution in [0.1, 0.15) is 46.1 Å². The zero-order chi connectivity index (χ0) is 14.0. The molecule has 1 aromatic heterocycles. The van der Waals surface area contributed by atoms with Crippen LogP contribution in [0.5, 0.6) is 0 Å². The first kappa shape index (κ1) is 14.3. The van der Waals surface area contributed by atoms with E-state index in [2.05, 4.69) is 49.7 Å². The van der Waals surface area contributed by atoms with Crippen LogP contribution in [-0.4, -0.2) is 24.1 Å². The van der Waals surface area contributed by atoms with E-state index in [1.807, 2.05) is 6.20 Å². The highest BCUT2D eigenvalue weighted by Gasteiger charge is 2.23. The molecule has 2 atom stereocenters. The van der Waals surface area contributed by atoms with Gasteiger partial charge in [-0.05, 0) is 42.7 Å². The Morgan fingerprint density at radius 3 is 2.63 bits per heavy atom. The van der Waals surface area contributed by atoms with Gasteiger partial charge in [-0.3, -0.25) is 0 Å². The zero-order valence-electron chi connectivity index (χ0n) is 12.7. The normalized spacial score (nSPS) is 22.4. The van der Waals surface area contributed by atoms with Gasteiger partial charge in [0.25, 0.3) is 0 Å². The maximum Gasteiger partial charge on any atom is 0.128 e. The topological polar surface area (TPSA) is 42.1 Å². The third-order valence-electron chi connectivity index (χ3n) is 4.14. The molecule has 0 bridgehead atoms. The minimum Gasteiger partial charge on any atom is -0.356 e. The van der Waals surface area contributed by atoms with Gasteiger partial charge in [-0.2, -0.15) is 0 Å². The molecule has 0 amide bonds. The number of anilines is 1. The van der Waals surface area contributed by atoms with Crippen molar-refractivity contribution in [3.8, 4) is 0 Å².